The second-order valence-corrected chi connectivity index (χ2v) is 7.73. The Morgan fingerprint density at radius 2 is 1.81 bits per heavy atom. The van der Waals surface area contributed by atoms with Crippen LogP contribution in [0.4, 0.5) is 5.69 Å². The Morgan fingerprint density at radius 3 is 2.37 bits per heavy atom. The zero-order chi connectivity index (χ0) is 20.2. The Labute approximate surface area is 157 Å². The van der Waals surface area contributed by atoms with Crippen molar-refractivity contribution in [2.24, 2.45) is 0 Å². The fraction of sp³-hybridized carbons (Fsp3) is 0.412. The van der Waals surface area contributed by atoms with Gasteiger partial charge in [-0.25, -0.2) is 18.0 Å². The number of methoxy groups -OCH3 is 3. The molecule has 9 nitrogen and oxygen atoms in total. The van der Waals surface area contributed by atoms with Gasteiger partial charge in [0, 0.05) is 0 Å². The fourth-order valence-electron chi connectivity index (χ4n) is 2.57. The van der Waals surface area contributed by atoms with Crippen LogP contribution in [0.2, 0.25) is 0 Å². The van der Waals surface area contributed by atoms with Gasteiger partial charge in [-0.3, -0.25) is 0 Å². The Balaban J connectivity index is 2.71. The van der Waals surface area contributed by atoms with Crippen molar-refractivity contribution < 1.29 is 37.0 Å². The molecule has 0 saturated carbocycles. The standard InChI is InChI=1S/C17H21NO8S/c1-5-27(21,22)11-6-7-14(23-2)13(8-11)18-10-26-9-12(16(19)24-3)15(18)17(20)25-4/h6-8H,5,9-10H2,1-4H3. The molecule has 1 aromatic carbocycles. The molecule has 0 unspecified atom stereocenters. The van der Waals surface area contributed by atoms with Crippen LogP contribution < -0.4 is 9.64 Å². The summed E-state index contributed by atoms with van der Waals surface area (Å²) in [4.78, 5) is 25.8. The summed E-state index contributed by atoms with van der Waals surface area (Å²) in [5.74, 6) is -1.34. The molecule has 0 N–H and O–H groups in total. The first-order chi connectivity index (χ1) is 12.8. The first-order valence-electron chi connectivity index (χ1n) is 7.96. The molecule has 0 aliphatic carbocycles. The minimum Gasteiger partial charge on any atom is -0.495 e. The molecule has 0 saturated heterocycles. The molecule has 0 aromatic heterocycles. The van der Waals surface area contributed by atoms with Crippen LogP contribution in [-0.4, -0.2) is 60.8 Å². The maximum Gasteiger partial charge on any atom is 0.355 e. The van der Waals surface area contributed by atoms with Crippen LogP contribution in [0.1, 0.15) is 6.92 Å². The maximum absolute atomic E-state index is 12.4. The number of rotatable bonds is 6. The Kier molecular flexibility index (Phi) is 6.45. The van der Waals surface area contributed by atoms with E-state index in [2.05, 4.69) is 0 Å². The SMILES string of the molecule is CCS(=O)(=O)c1ccc(OC)c(N2COCC(C(=O)OC)=C2C(=O)OC)c1. The van der Waals surface area contributed by atoms with Gasteiger partial charge in [0.1, 0.15) is 18.2 Å². The van der Waals surface area contributed by atoms with Crippen molar-refractivity contribution in [1.82, 2.24) is 0 Å². The lowest BCUT2D eigenvalue weighted by molar-refractivity contribution is -0.140. The van der Waals surface area contributed by atoms with Crippen molar-refractivity contribution in [1.29, 1.82) is 0 Å². The third-order valence-corrected chi connectivity index (χ3v) is 5.75. The number of benzene rings is 1. The quantitative estimate of drug-likeness (QED) is 0.644. The lowest BCUT2D eigenvalue weighted by atomic mass is 10.1. The van der Waals surface area contributed by atoms with Crippen molar-refractivity contribution in [3.63, 3.8) is 0 Å². The van der Waals surface area contributed by atoms with E-state index in [4.69, 9.17) is 18.9 Å². The van der Waals surface area contributed by atoms with Gasteiger partial charge in [0.2, 0.25) is 0 Å². The molecular formula is C17H21NO8S. The van der Waals surface area contributed by atoms with Gasteiger partial charge in [0.05, 0.1) is 49.8 Å². The average Bonchev–Trinajstić information content (AvgIpc) is 2.71. The number of nitrogens with zero attached hydrogens (tertiary/aromatic N) is 1. The van der Waals surface area contributed by atoms with E-state index in [1.807, 2.05) is 0 Å². The van der Waals surface area contributed by atoms with Gasteiger partial charge in [-0.05, 0) is 18.2 Å². The zero-order valence-electron chi connectivity index (χ0n) is 15.5. The molecule has 0 bridgehead atoms. The molecule has 1 aromatic rings. The Morgan fingerprint density at radius 1 is 1.15 bits per heavy atom. The van der Waals surface area contributed by atoms with E-state index in [0.717, 1.165) is 0 Å². The number of carbonyl (C=O) groups excluding carboxylic acids is 2. The third-order valence-electron chi connectivity index (χ3n) is 4.01. The van der Waals surface area contributed by atoms with Gasteiger partial charge in [-0.1, -0.05) is 6.92 Å². The van der Waals surface area contributed by atoms with E-state index in [-0.39, 0.29) is 40.9 Å². The predicted molar refractivity (Wildman–Crippen MR) is 95.1 cm³/mol. The molecule has 27 heavy (non-hydrogen) atoms. The number of hydrogen-bond acceptors (Lipinski definition) is 9. The van der Waals surface area contributed by atoms with Crippen molar-refractivity contribution in [2.45, 2.75) is 11.8 Å². The van der Waals surface area contributed by atoms with Crippen LogP contribution in [0.3, 0.4) is 0 Å². The summed E-state index contributed by atoms with van der Waals surface area (Å²) in [6.07, 6.45) is 0. The first-order valence-corrected chi connectivity index (χ1v) is 9.61. The number of anilines is 1. The summed E-state index contributed by atoms with van der Waals surface area (Å²) in [6.45, 7) is 1.26. The van der Waals surface area contributed by atoms with Gasteiger partial charge in [-0.15, -0.1) is 0 Å². The summed E-state index contributed by atoms with van der Waals surface area (Å²) in [6, 6.07) is 4.25. The highest BCUT2D eigenvalue weighted by molar-refractivity contribution is 7.91. The van der Waals surface area contributed by atoms with E-state index >= 15 is 0 Å². The number of carbonyl (C=O) groups is 2. The molecule has 1 aliphatic heterocycles. The third kappa shape index (κ3) is 4.06. The highest BCUT2D eigenvalue weighted by atomic mass is 32.2. The summed E-state index contributed by atoms with van der Waals surface area (Å²) in [5, 5.41) is 0. The van der Waals surface area contributed by atoms with Crippen LogP contribution in [0, 0.1) is 0 Å². The molecule has 0 radical (unpaired) electrons. The summed E-state index contributed by atoms with van der Waals surface area (Å²) in [5.41, 5.74) is 0.106. The largest absolute Gasteiger partial charge is 0.495 e. The monoisotopic (exact) mass is 399 g/mol. The number of hydrogen-bond donors (Lipinski definition) is 0. The lowest BCUT2D eigenvalue weighted by Crippen LogP contribution is -2.39. The smallest absolute Gasteiger partial charge is 0.355 e. The van der Waals surface area contributed by atoms with Gasteiger partial charge < -0.3 is 23.8 Å². The molecule has 1 heterocycles. The highest BCUT2D eigenvalue weighted by Crippen LogP contribution is 2.36. The zero-order valence-corrected chi connectivity index (χ0v) is 16.3. The van der Waals surface area contributed by atoms with E-state index in [1.54, 1.807) is 0 Å². The molecule has 0 amide bonds. The Hall–Kier alpha value is -2.59. The summed E-state index contributed by atoms with van der Waals surface area (Å²) >= 11 is 0. The van der Waals surface area contributed by atoms with Gasteiger partial charge in [0.25, 0.3) is 0 Å². The number of sulfone groups is 1. The number of ether oxygens (including phenoxy) is 4. The minimum atomic E-state index is -3.51. The molecule has 0 atom stereocenters. The van der Waals surface area contributed by atoms with E-state index in [1.165, 1.54) is 51.4 Å². The molecule has 2 rings (SSSR count). The van der Waals surface area contributed by atoms with Crippen molar-refractivity contribution in [2.75, 3.05) is 45.3 Å². The minimum absolute atomic E-state index is 0.0404. The molecule has 0 fully saturated rings. The summed E-state index contributed by atoms with van der Waals surface area (Å²) < 4.78 is 44.7. The van der Waals surface area contributed by atoms with E-state index < -0.39 is 21.8 Å². The molecule has 148 valence electrons. The molecule has 1 aliphatic rings. The topological polar surface area (TPSA) is 108 Å². The second-order valence-electron chi connectivity index (χ2n) is 5.45. The van der Waals surface area contributed by atoms with Crippen molar-refractivity contribution in [3.8, 4) is 5.75 Å². The van der Waals surface area contributed by atoms with Crippen LogP contribution in [0.15, 0.2) is 34.4 Å². The van der Waals surface area contributed by atoms with E-state index in [9.17, 15) is 18.0 Å². The van der Waals surface area contributed by atoms with Crippen LogP contribution >= 0.6 is 0 Å². The molecule has 10 heteroatoms. The van der Waals surface area contributed by atoms with Crippen molar-refractivity contribution in [3.05, 3.63) is 29.5 Å². The second kappa shape index (κ2) is 8.40. The Bertz CT molecular complexity index is 875. The average molecular weight is 399 g/mol. The normalized spacial score (nSPS) is 14.7. The highest BCUT2D eigenvalue weighted by Gasteiger charge is 2.34. The van der Waals surface area contributed by atoms with Gasteiger partial charge in [-0.2, -0.15) is 0 Å². The van der Waals surface area contributed by atoms with Crippen LogP contribution in [-0.2, 0) is 33.6 Å². The van der Waals surface area contributed by atoms with Gasteiger partial charge in [0.15, 0.2) is 9.84 Å². The van der Waals surface area contributed by atoms with Crippen molar-refractivity contribution >= 4 is 27.5 Å². The van der Waals surface area contributed by atoms with Crippen LogP contribution in [0.5, 0.6) is 5.75 Å². The maximum atomic E-state index is 12.4. The molecular weight excluding hydrogens is 378 g/mol. The van der Waals surface area contributed by atoms with Crippen LogP contribution in [0.25, 0.3) is 0 Å². The lowest BCUT2D eigenvalue weighted by Gasteiger charge is -2.32. The first kappa shape index (κ1) is 20.7. The van der Waals surface area contributed by atoms with Gasteiger partial charge >= 0.3 is 11.9 Å². The fourth-order valence-corrected chi connectivity index (χ4v) is 3.47. The summed E-state index contributed by atoms with van der Waals surface area (Å²) in [7, 11) is 0.247. The number of esters is 2. The predicted octanol–water partition coefficient (Wildman–Crippen LogP) is 0.883. The van der Waals surface area contributed by atoms with E-state index in [0.29, 0.717) is 5.75 Å². The molecule has 0 spiro atoms.